The molecule has 3 aromatic rings. The van der Waals surface area contributed by atoms with Gasteiger partial charge in [0.05, 0.1) is 17.9 Å². The Kier molecular flexibility index (Phi) is 6.07. The Morgan fingerprint density at radius 2 is 2.03 bits per heavy atom. The summed E-state index contributed by atoms with van der Waals surface area (Å²) in [6.45, 7) is 2.74. The molecule has 5 rings (SSSR count). The third kappa shape index (κ3) is 4.53. The monoisotopic (exact) mass is 479 g/mol. The number of carbonyl (C=O) groups is 2. The molecule has 0 unspecified atom stereocenters. The number of aryl methyl sites for hydroxylation is 1. The van der Waals surface area contributed by atoms with Crippen LogP contribution in [0, 0.1) is 17.6 Å². The van der Waals surface area contributed by atoms with Gasteiger partial charge in [-0.25, -0.2) is 8.78 Å². The Bertz CT molecular complexity index is 1310. The fraction of sp³-hybridized carbons (Fsp3) is 0.269. The van der Waals surface area contributed by atoms with Gasteiger partial charge in [0.1, 0.15) is 11.6 Å². The molecule has 180 valence electrons. The van der Waals surface area contributed by atoms with Crippen LogP contribution < -0.4 is 14.8 Å². The molecule has 7 nitrogen and oxygen atoms in total. The van der Waals surface area contributed by atoms with Gasteiger partial charge in [0.15, 0.2) is 18.2 Å². The average Bonchev–Trinajstić information content (AvgIpc) is 2.83. The van der Waals surface area contributed by atoms with Gasteiger partial charge in [-0.2, -0.15) is 0 Å². The first kappa shape index (κ1) is 22.8. The van der Waals surface area contributed by atoms with Crippen molar-refractivity contribution in [2.45, 2.75) is 13.3 Å². The number of halogens is 2. The van der Waals surface area contributed by atoms with E-state index < -0.39 is 17.5 Å². The summed E-state index contributed by atoms with van der Waals surface area (Å²) in [6.07, 6.45) is 2.46. The number of rotatable bonds is 6. The molecule has 2 aliphatic heterocycles. The predicted molar refractivity (Wildman–Crippen MR) is 124 cm³/mol. The van der Waals surface area contributed by atoms with Crippen LogP contribution >= 0.6 is 0 Å². The highest BCUT2D eigenvalue weighted by Crippen LogP contribution is 2.32. The summed E-state index contributed by atoms with van der Waals surface area (Å²) >= 11 is 0. The van der Waals surface area contributed by atoms with E-state index in [1.54, 1.807) is 18.3 Å². The number of hydrogen-bond donors (Lipinski definition) is 1. The van der Waals surface area contributed by atoms with Crippen LogP contribution in [-0.4, -0.2) is 48.0 Å². The van der Waals surface area contributed by atoms with Crippen LogP contribution in [0.5, 0.6) is 11.5 Å². The second kappa shape index (κ2) is 9.32. The molecule has 2 aliphatic rings. The zero-order valence-corrected chi connectivity index (χ0v) is 19.0. The molecule has 1 saturated heterocycles. The van der Waals surface area contributed by atoms with Gasteiger partial charge >= 0.3 is 0 Å². The molecule has 1 N–H and O–H groups in total. The van der Waals surface area contributed by atoms with Gasteiger partial charge in [-0.3, -0.25) is 14.6 Å². The van der Waals surface area contributed by atoms with Crippen molar-refractivity contribution >= 4 is 17.5 Å². The Morgan fingerprint density at radius 3 is 2.80 bits per heavy atom. The van der Waals surface area contributed by atoms with E-state index in [0.29, 0.717) is 13.1 Å². The first-order chi connectivity index (χ1) is 16.9. The van der Waals surface area contributed by atoms with E-state index in [1.807, 2.05) is 19.1 Å². The van der Waals surface area contributed by atoms with Gasteiger partial charge in [-0.1, -0.05) is 19.1 Å². The molecular formula is C26H23F2N3O4. The summed E-state index contributed by atoms with van der Waals surface area (Å²) in [4.78, 5) is 30.1. The number of ether oxygens (including phenoxy) is 2. The van der Waals surface area contributed by atoms with E-state index in [-0.39, 0.29) is 47.8 Å². The predicted octanol–water partition coefficient (Wildman–Crippen LogP) is 4.07. The Balaban J connectivity index is 1.18. The molecule has 2 aromatic carbocycles. The summed E-state index contributed by atoms with van der Waals surface area (Å²) < 4.78 is 40.0. The third-order valence-electron chi connectivity index (χ3n) is 6.12. The van der Waals surface area contributed by atoms with Gasteiger partial charge in [0.25, 0.3) is 11.8 Å². The molecule has 0 atom stereocenters. The highest BCUT2D eigenvalue weighted by Gasteiger charge is 2.34. The fourth-order valence-corrected chi connectivity index (χ4v) is 4.25. The standard InChI is InChI=1S/C26H23F2N3O4/c1-2-21-17(4-3-7-29-21)16-5-6-23(20(28)8-16)34-13-15-11-31(12-15)26(33)18-9-22-24(10-19(18)27)35-14-25(32)30-22/h3-10,15H,2,11-14H2,1H3,(H,30,32). The van der Waals surface area contributed by atoms with Crippen molar-refractivity contribution < 1.29 is 27.8 Å². The lowest BCUT2D eigenvalue weighted by Gasteiger charge is -2.39. The number of carbonyl (C=O) groups excluding carboxylic acids is 2. The number of anilines is 1. The minimum absolute atomic E-state index is 0.00762. The topological polar surface area (TPSA) is 80.8 Å². The van der Waals surface area contributed by atoms with E-state index >= 15 is 0 Å². The largest absolute Gasteiger partial charge is 0.490 e. The molecule has 0 saturated carbocycles. The molecule has 0 spiro atoms. The van der Waals surface area contributed by atoms with E-state index in [4.69, 9.17) is 9.47 Å². The van der Waals surface area contributed by atoms with E-state index in [1.165, 1.54) is 17.0 Å². The summed E-state index contributed by atoms with van der Waals surface area (Å²) in [5.41, 5.74) is 2.63. The Morgan fingerprint density at radius 1 is 1.20 bits per heavy atom. The molecule has 2 amide bonds. The SMILES string of the molecule is CCc1ncccc1-c1ccc(OCC2CN(C(=O)c3cc4c(cc3F)OCC(=O)N4)C2)c(F)c1. The van der Waals surface area contributed by atoms with Crippen molar-refractivity contribution in [3.8, 4) is 22.6 Å². The number of fused-ring (bicyclic) bond motifs is 1. The van der Waals surface area contributed by atoms with Crippen LogP contribution in [0.2, 0.25) is 0 Å². The van der Waals surface area contributed by atoms with Crippen molar-refractivity contribution in [1.82, 2.24) is 9.88 Å². The van der Waals surface area contributed by atoms with E-state index in [2.05, 4.69) is 10.3 Å². The van der Waals surface area contributed by atoms with Gasteiger partial charge < -0.3 is 19.7 Å². The maximum Gasteiger partial charge on any atom is 0.262 e. The van der Waals surface area contributed by atoms with E-state index in [0.717, 1.165) is 29.3 Å². The van der Waals surface area contributed by atoms with Crippen molar-refractivity contribution in [2.24, 2.45) is 5.92 Å². The molecule has 9 heteroatoms. The number of amides is 2. The maximum atomic E-state index is 14.7. The number of aromatic nitrogens is 1. The maximum absolute atomic E-state index is 14.7. The fourth-order valence-electron chi connectivity index (χ4n) is 4.25. The number of nitrogens with one attached hydrogen (secondary N) is 1. The van der Waals surface area contributed by atoms with Crippen molar-refractivity contribution in [3.05, 3.63) is 71.6 Å². The van der Waals surface area contributed by atoms with Crippen LogP contribution in [0.3, 0.4) is 0 Å². The van der Waals surface area contributed by atoms with Gasteiger partial charge in [-0.15, -0.1) is 0 Å². The number of nitrogens with zero attached hydrogens (tertiary/aromatic N) is 2. The molecule has 1 aromatic heterocycles. The number of hydrogen-bond acceptors (Lipinski definition) is 5. The average molecular weight is 479 g/mol. The molecule has 35 heavy (non-hydrogen) atoms. The first-order valence-electron chi connectivity index (χ1n) is 11.3. The molecule has 0 radical (unpaired) electrons. The summed E-state index contributed by atoms with van der Waals surface area (Å²) in [5, 5.41) is 2.57. The lowest BCUT2D eigenvalue weighted by Crippen LogP contribution is -2.52. The van der Waals surface area contributed by atoms with E-state index in [9.17, 15) is 18.4 Å². The van der Waals surface area contributed by atoms with Gasteiger partial charge in [0.2, 0.25) is 0 Å². The quantitative estimate of drug-likeness (QED) is 0.577. The Hall–Kier alpha value is -4.01. The van der Waals surface area contributed by atoms with Crippen LogP contribution in [0.15, 0.2) is 48.7 Å². The second-order valence-corrected chi connectivity index (χ2v) is 8.55. The zero-order valence-electron chi connectivity index (χ0n) is 19.0. The highest BCUT2D eigenvalue weighted by atomic mass is 19.1. The zero-order chi connectivity index (χ0) is 24.5. The molecule has 0 bridgehead atoms. The minimum Gasteiger partial charge on any atom is -0.490 e. The molecule has 3 heterocycles. The third-order valence-corrected chi connectivity index (χ3v) is 6.12. The van der Waals surface area contributed by atoms with Crippen LogP contribution in [0.25, 0.3) is 11.1 Å². The van der Waals surface area contributed by atoms with Gasteiger partial charge in [-0.05, 0) is 36.2 Å². The lowest BCUT2D eigenvalue weighted by atomic mass is 9.99. The Labute approximate surface area is 200 Å². The molecular weight excluding hydrogens is 456 g/mol. The van der Waals surface area contributed by atoms with Crippen molar-refractivity contribution in [1.29, 1.82) is 0 Å². The summed E-state index contributed by atoms with van der Waals surface area (Å²) in [5.74, 6) is -1.72. The van der Waals surface area contributed by atoms with Crippen molar-refractivity contribution in [3.63, 3.8) is 0 Å². The molecule has 0 aliphatic carbocycles. The smallest absolute Gasteiger partial charge is 0.262 e. The first-order valence-corrected chi connectivity index (χ1v) is 11.3. The number of likely N-dealkylation sites (tertiary alicyclic amines) is 1. The van der Waals surface area contributed by atoms with Crippen LogP contribution in [0.4, 0.5) is 14.5 Å². The van der Waals surface area contributed by atoms with Gasteiger partial charge in [0, 0.05) is 42.5 Å². The number of pyridine rings is 1. The second-order valence-electron chi connectivity index (χ2n) is 8.55. The minimum atomic E-state index is -0.716. The van der Waals surface area contributed by atoms with Crippen molar-refractivity contribution in [2.75, 3.05) is 31.6 Å². The molecule has 1 fully saturated rings. The van der Waals surface area contributed by atoms with Crippen LogP contribution in [0.1, 0.15) is 23.0 Å². The normalized spacial score (nSPS) is 15.1. The highest BCUT2D eigenvalue weighted by molar-refractivity contribution is 6.00. The van der Waals surface area contributed by atoms with Crippen LogP contribution in [-0.2, 0) is 11.2 Å². The number of benzene rings is 2. The lowest BCUT2D eigenvalue weighted by molar-refractivity contribution is -0.118. The summed E-state index contributed by atoms with van der Waals surface area (Å²) in [6, 6.07) is 10.9. The summed E-state index contributed by atoms with van der Waals surface area (Å²) in [7, 11) is 0.